The summed E-state index contributed by atoms with van der Waals surface area (Å²) >= 11 is 0. The SMILES string of the molecule is CN=C(NCCN1CCS(=O)(=O)CC1)NCC(C)Oc1ccccc1C. The van der Waals surface area contributed by atoms with Gasteiger partial charge in [-0.05, 0) is 25.5 Å². The molecule has 1 saturated heterocycles. The lowest BCUT2D eigenvalue weighted by atomic mass is 10.2. The van der Waals surface area contributed by atoms with Crippen LogP contribution in [0.1, 0.15) is 12.5 Å². The quantitative estimate of drug-likeness (QED) is 0.532. The second kappa shape index (κ2) is 9.78. The van der Waals surface area contributed by atoms with Crippen molar-refractivity contribution >= 4 is 15.8 Å². The van der Waals surface area contributed by atoms with E-state index >= 15 is 0 Å². The van der Waals surface area contributed by atoms with Crippen LogP contribution in [0.4, 0.5) is 0 Å². The number of nitrogens with zero attached hydrogens (tertiary/aromatic N) is 2. The fraction of sp³-hybridized carbons (Fsp3) is 0.611. The number of benzene rings is 1. The van der Waals surface area contributed by atoms with E-state index in [-0.39, 0.29) is 17.6 Å². The molecule has 1 aromatic rings. The van der Waals surface area contributed by atoms with Crippen molar-refractivity contribution < 1.29 is 13.2 Å². The van der Waals surface area contributed by atoms with Crippen LogP contribution in [0.5, 0.6) is 5.75 Å². The summed E-state index contributed by atoms with van der Waals surface area (Å²) in [6, 6.07) is 7.96. The Balaban J connectivity index is 1.67. The molecule has 0 spiro atoms. The average Bonchev–Trinajstić information content (AvgIpc) is 2.61. The third-order valence-corrected chi connectivity index (χ3v) is 5.97. The van der Waals surface area contributed by atoms with Gasteiger partial charge in [0, 0.05) is 33.2 Å². The fourth-order valence-corrected chi connectivity index (χ4v) is 3.99. The first kappa shape index (κ1) is 20.5. The molecule has 7 nitrogen and oxygen atoms in total. The molecule has 2 N–H and O–H groups in total. The summed E-state index contributed by atoms with van der Waals surface area (Å²) in [5, 5.41) is 6.52. The van der Waals surface area contributed by atoms with Gasteiger partial charge in [0.15, 0.2) is 15.8 Å². The Labute approximate surface area is 156 Å². The molecule has 0 saturated carbocycles. The normalized spacial score (nSPS) is 19.0. The van der Waals surface area contributed by atoms with Crippen LogP contribution in [-0.2, 0) is 9.84 Å². The molecule has 1 atom stereocenters. The summed E-state index contributed by atoms with van der Waals surface area (Å²) in [7, 11) is -1.09. The third kappa shape index (κ3) is 6.84. The van der Waals surface area contributed by atoms with Crippen LogP contribution >= 0.6 is 0 Å². The molecule has 26 heavy (non-hydrogen) atoms. The van der Waals surface area contributed by atoms with Crippen molar-refractivity contribution in [3.63, 3.8) is 0 Å². The number of rotatable bonds is 7. The maximum atomic E-state index is 11.4. The highest BCUT2D eigenvalue weighted by molar-refractivity contribution is 7.91. The number of hydrogen-bond acceptors (Lipinski definition) is 5. The van der Waals surface area contributed by atoms with Crippen molar-refractivity contribution in [2.24, 2.45) is 4.99 Å². The van der Waals surface area contributed by atoms with Crippen molar-refractivity contribution in [2.75, 3.05) is 51.3 Å². The lowest BCUT2D eigenvalue weighted by Gasteiger charge is -2.26. The Hall–Kier alpha value is -1.80. The number of aliphatic imine (C=N–C) groups is 1. The standard InChI is InChI=1S/C18H30N4O3S/c1-15-6-4-5-7-17(15)25-16(2)14-21-18(19-3)20-8-9-22-10-12-26(23,24)13-11-22/h4-7,16H,8-14H2,1-3H3,(H2,19,20,21). The monoisotopic (exact) mass is 382 g/mol. The number of para-hydroxylation sites is 1. The molecule has 2 rings (SSSR count). The number of sulfone groups is 1. The van der Waals surface area contributed by atoms with Crippen molar-refractivity contribution in [1.29, 1.82) is 0 Å². The zero-order valence-electron chi connectivity index (χ0n) is 15.9. The van der Waals surface area contributed by atoms with Crippen LogP contribution in [0.25, 0.3) is 0 Å². The summed E-state index contributed by atoms with van der Waals surface area (Å²) in [6.07, 6.45) is 0.00181. The van der Waals surface area contributed by atoms with Gasteiger partial charge >= 0.3 is 0 Å². The molecule has 1 aromatic carbocycles. The van der Waals surface area contributed by atoms with Crippen LogP contribution in [0.3, 0.4) is 0 Å². The van der Waals surface area contributed by atoms with Crippen LogP contribution in [-0.4, -0.2) is 76.7 Å². The summed E-state index contributed by atoms with van der Waals surface area (Å²) in [6.45, 7) is 7.41. The highest BCUT2D eigenvalue weighted by Gasteiger charge is 2.20. The van der Waals surface area contributed by atoms with Gasteiger partial charge in [-0.2, -0.15) is 0 Å². The van der Waals surface area contributed by atoms with E-state index in [9.17, 15) is 8.42 Å². The minimum absolute atomic E-state index is 0.00181. The number of ether oxygens (including phenoxy) is 1. The van der Waals surface area contributed by atoms with E-state index in [1.165, 1.54) is 0 Å². The van der Waals surface area contributed by atoms with Crippen molar-refractivity contribution in [3.8, 4) is 5.75 Å². The van der Waals surface area contributed by atoms with Gasteiger partial charge in [-0.1, -0.05) is 18.2 Å². The third-order valence-electron chi connectivity index (χ3n) is 4.36. The Morgan fingerprint density at radius 1 is 1.27 bits per heavy atom. The first-order valence-electron chi connectivity index (χ1n) is 8.99. The van der Waals surface area contributed by atoms with E-state index in [1.807, 2.05) is 38.1 Å². The van der Waals surface area contributed by atoms with Gasteiger partial charge in [0.1, 0.15) is 11.9 Å². The molecule has 0 radical (unpaired) electrons. The Bertz CT molecular complexity index is 692. The van der Waals surface area contributed by atoms with Crippen molar-refractivity contribution in [2.45, 2.75) is 20.0 Å². The highest BCUT2D eigenvalue weighted by Crippen LogP contribution is 2.17. The maximum absolute atomic E-state index is 11.4. The van der Waals surface area contributed by atoms with E-state index in [1.54, 1.807) is 7.05 Å². The topological polar surface area (TPSA) is 83.0 Å². The minimum Gasteiger partial charge on any atom is -0.489 e. The highest BCUT2D eigenvalue weighted by atomic mass is 32.2. The van der Waals surface area contributed by atoms with Gasteiger partial charge in [-0.25, -0.2) is 8.42 Å². The zero-order chi connectivity index (χ0) is 19.0. The molecule has 1 fully saturated rings. The summed E-state index contributed by atoms with van der Waals surface area (Å²) in [5.74, 6) is 2.13. The molecular weight excluding hydrogens is 352 g/mol. The number of hydrogen-bond donors (Lipinski definition) is 2. The smallest absolute Gasteiger partial charge is 0.191 e. The molecular formula is C18H30N4O3S. The molecule has 146 valence electrons. The van der Waals surface area contributed by atoms with Gasteiger partial charge in [0.05, 0.1) is 18.1 Å². The van der Waals surface area contributed by atoms with Crippen LogP contribution in [0, 0.1) is 6.92 Å². The summed E-state index contributed by atoms with van der Waals surface area (Å²) in [5.41, 5.74) is 1.12. The van der Waals surface area contributed by atoms with E-state index in [0.29, 0.717) is 26.2 Å². The first-order valence-corrected chi connectivity index (χ1v) is 10.8. The number of aryl methyl sites for hydroxylation is 1. The van der Waals surface area contributed by atoms with Gasteiger partial charge in [0.25, 0.3) is 0 Å². The fourth-order valence-electron chi connectivity index (χ4n) is 2.71. The van der Waals surface area contributed by atoms with E-state index in [4.69, 9.17) is 4.74 Å². The molecule has 8 heteroatoms. The largest absolute Gasteiger partial charge is 0.489 e. The molecule has 0 aromatic heterocycles. The molecule has 0 bridgehead atoms. The lowest BCUT2D eigenvalue weighted by Crippen LogP contribution is -2.47. The molecule has 0 amide bonds. The predicted molar refractivity (Wildman–Crippen MR) is 106 cm³/mol. The molecule has 1 aliphatic heterocycles. The molecule has 1 heterocycles. The molecule has 0 aliphatic carbocycles. The van der Waals surface area contributed by atoms with E-state index in [2.05, 4.69) is 20.5 Å². The van der Waals surface area contributed by atoms with E-state index < -0.39 is 9.84 Å². The summed E-state index contributed by atoms with van der Waals surface area (Å²) < 4.78 is 28.8. The van der Waals surface area contributed by atoms with Gasteiger partial charge in [-0.3, -0.25) is 9.89 Å². The Morgan fingerprint density at radius 2 is 1.96 bits per heavy atom. The molecule has 1 unspecified atom stereocenters. The van der Waals surface area contributed by atoms with Gasteiger partial charge in [-0.15, -0.1) is 0 Å². The second-order valence-electron chi connectivity index (χ2n) is 6.57. The second-order valence-corrected chi connectivity index (χ2v) is 8.87. The van der Waals surface area contributed by atoms with E-state index in [0.717, 1.165) is 23.8 Å². The van der Waals surface area contributed by atoms with Crippen molar-refractivity contribution in [1.82, 2.24) is 15.5 Å². The predicted octanol–water partition coefficient (Wildman–Crippen LogP) is 0.658. The maximum Gasteiger partial charge on any atom is 0.191 e. The lowest BCUT2D eigenvalue weighted by molar-refractivity contribution is 0.222. The number of guanidine groups is 1. The average molecular weight is 383 g/mol. The number of nitrogens with one attached hydrogen (secondary N) is 2. The van der Waals surface area contributed by atoms with Gasteiger partial charge in [0.2, 0.25) is 0 Å². The van der Waals surface area contributed by atoms with Gasteiger partial charge < -0.3 is 15.4 Å². The Morgan fingerprint density at radius 3 is 2.62 bits per heavy atom. The summed E-state index contributed by atoms with van der Waals surface area (Å²) in [4.78, 5) is 6.37. The first-order chi connectivity index (χ1) is 12.4. The van der Waals surface area contributed by atoms with Crippen LogP contribution < -0.4 is 15.4 Å². The Kier molecular flexibility index (Phi) is 7.71. The van der Waals surface area contributed by atoms with Crippen molar-refractivity contribution in [3.05, 3.63) is 29.8 Å². The minimum atomic E-state index is -2.82. The zero-order valence-corrected chi connectivity index (χ0v) is 16.7. The van der Waals surface area contributed by atoms with Crippen LogP contribution in [0.15, 0.2) is 29.3 Å². The van der Waals surface area contributed by atoms with Crippen LogP contribution in [0.2, 0.25) is 0 Å². The molecule has 1 aliphatic rings.